The van der Waals surface area contributed by atoms with Gasteiger partial charge in [0, 0.05) is 18.6 Å². The van der Waals surface area contributed by atoms with Crippen LogP contribution in [-0.4, -0.2) is 35.3 Å². The summed E-state index contributed by atoms with van der Waals surface area (Å²) in [5, 5.41) is 3.22. The van der Waals surface area contributed by atoms with Crippen LogP contribution in [0, 0.1) is 0 Å². The molecule has 1 N–H and O–H groups in total. The summed E-state index contributed by atoms with van der Waals surface area (Å²) in [6, 6.07) is 0. The molecule has 1 aliphatic rings. The standard InChI is InChI=1S/C10H14Br2N2O2/c1-10(2,3)13-4-5-14-8(15)6(11)7(12)9(14)16/h13H,4-5H2,1-3H3. The molecule has 16 heavy (non-hydrogen) atoms. The number of amides is 2. The molecule has 2 amide bonds. The molecule has 1 heterocycles. The molecule has 6 heteroatoms. The summed E-state index contributed by atoms with van der Waals surface area (Å²) in [6.07, 6.45) is 0. The Labute approximate surface area is 112 Å². The molecule has 90 valence electrons. The molecule has 0 saturated heterocycles. The maximum Gasteiger partial charge on any atom is 0.269 e. The second-order valence-corrected chi connectivity index (χ2v) is 6.15. The maximum atomic E-state index is 11.6. The van der Waals surface area contributed by atoms with Crippen molar-refractivity contribution in [2.75, 3.05) is 13.1 Å². The van der Waals surface area contributed by atoms with Crippen LogP contribution in [0.4, 0.5) is 0 Å². The van der Waals surface area contributed by atoms with Gasteiger partial charge in [-0.05, 0) is 52.6 Å². The fraction of sp³-hybridized carbons (Fsp3) is 0.600. The minimum Gasteiger partial charge on any atom is -0.310 e. The van der Waals surface area contributed by atoms with E-state index in [1.807, 2.05) is 20.8 Å². The fourth-order valence-electron chi connectivity index (χ4n) is 1.26. The zero-order valence-electron chi connectivity index (χ0n) is 9.43. The molecule has 0 bridgehead atoms. The first-order chi connectivity index (χ1) is 7.24. The van der Waals surface area contributed by atoms with Gasteiger partial charge >= 0.3 is 0 Å². The van der Waals surface area contributed by atoms with Crippen molar-refractivity contribution in [3.63, 3.8) is 0 Å². The summed E-state index contributed by atoms with van der Waals surface area (Å²) >= 11 is 6.16. The summed E-state index contributed by atoms with van der Waals surface area (Å²) in [7, 11) is 0. The highest BCUT2D eigenvalue weighted by Crippen LogP contribution is 2.28. The molecular weight excluding hydrogens is 340 g/mol. The van der Waals surface area contributed by atoms with E-state index in [1.165, 1.54) is 4.90 Å². The lowest BCUT2D eigenvalue weighted by Gasteiger charge is -2.22. The Balaban J connectivity index is 2.53. The number of imide groups is 1. The van der Waals surface area contributed by atoms with E-state index in [9.17, 15) is 9.59 Å². The quantitative estimate of drug-likeness (QED) is 0.786. The zero-order valence-corrected chi connectivity index (χ0v) is 12.6. The summed E-state index contributed by atoms with van der Waals surface area (Å²) in [4.78, 5) is 24.5. The number of hydrogen-bond acceptors (Lipinski definition) is 3. The Kier molecular flexibility index (Phi) is 4.31. The van der Waals surface area contributed by atoms with Crippen molar-refractivity contribution in [1.82, 2.24) is 10.2 Å². The van der Waals surface area contributed by atoms with Gasteiger partial charge in [-0.25, -0.2) is 0 Å². The van der Waals surface area contributed by atoms with E-state index in [0.29, 0.717) is 22.1 Å². The third-order valence-electron chi connectivity index (χ3n) is 2.05. The highest BCUT2D eigenvalue weighted by Gasteiger charge is 2.35. The van der Waals surface area contributed by atoms with Gasteiger partial charge < -0.3 is 5.32 Å². The van der Waals surface area contributed by atoms with Gasteiger partial charge in [-0.3, -0.25) is 14.5 Å². The zero-order chi connectivity index (χ0) is 12.5. The molecule has 0 unspecified atom stereocenters. The first kappa shape index (κ1) is 13.9. The Morgan fingerprint density at radius 2 is 1.56 bits per heavy atom. The van der Waals surface area contributed by atoms with E-state index in [4.69, 9.17) is 0 Å². The topological polar surface area (TPSA) is 49.4 Å². The van der Waals surface area contributed by atoms with Gasteiger partial charge in [0.1, 0.15) is 8.96 Å². The molecule has 0 aromatic carbocycles. The predicted molar refractivity (Wildman–Crippen MR) is 69.4 cm³/mol. The molecule has 0 aromatic rings. The smallest absolute Gasteiger partial charge is 0.269 e. The van der Waals surface area contributed by atoms with Crippen LogP contribution >= 0.6 is 31.9 Å². The maximum absolute atomic E-state index is 11.6. The minimum atomic E-state index is -0.285. The van der Waals surface area contributed by atoms with Crippen LogP contribution in [-0.2, 0) is 9.59 Å². The van der Waals surface area contributed by atoms with Crippen molar-refractivity contribution < 1.29 is 9.59 Å². The molecule has 0 radical (unpaired) electrons. The van der Waals surface area contributed by atoms with Crippen molar-refractivity contribution >= 4 is 43.7 Å². The van der Waals surface area contributed by atoms with E-state index in [-0.39, 0.29) is 17.4 Å². The van der Waals surface area contributed by atoms with Crippen LogP contribution in [0.15, 0.2) is 8.96 Å². The molecule has 0 aromatic heterocycles. The van der Waals surface area contributed by atoms with Crippen molar-refractivity contribution in [3.05, 3.63) is 8.96 Å². The molecule has 4 nitrogen and oxygen atoms in total. The van der Waals surface area contributed by atoms with Crippen LogP contribution in [0.2, 0.25) is 0 Å². The molecule has 0 atom stereocenters. The van der Waals surface area contributed by atoms with Gasteiger partial charge in [0.2, 0.25) is 0 Å². The number of carbonyl (C=O) groups excluding carboxylic acids is 2. The third-order valence-corrected chi connectivity index (χ3v) is 4.05. The molecule has 1 aliphatic heterocycles. The average molecular weight is 354 g/mol. The number of halogens is 2. The Hall–Kier alpha value is -0.200. The number of carbonyl (C=O) groups is 2. The second-order valence-electron chi connectivity index (χ2n) is 4.57. The van der Waals surface area contributed by atoms with Gasteiger partial charge in [-0.2, -0.15) is 0 Å². The van der Waals surface area contributed by atoms with Crippen LogP contribution in [0.5, 0.6) is 0 Å². The lowest BCUT2D eigenvalue weighted by Crippen LogP contribution is -2.43. The predicted octanol–water partition coefficient (Wildman–Crippen LogP) is 1.74. The minimum absolute atomic E-state index is 0.0201. The first-order valence-electron chi connectivity index (χ1n) is 4.90. The first-order valence-corrected chi connectivity index (χ1v) is 6.49. The highest BCUT2D eigenvalue weighted by atomic mass is 79.9. The number of nitrogens with one attached hydrogen (secondary N) is 1. The van der Waals surface area contributed by atoms with E-state index in [1.54, 1.807) is 0 Å². The normalized spacial score (nSPS) is 17.7. The third kappa shape index (κ3) is 3.15. The monoisotopic (exact) mass is 352 g/mol. The lowest BCUT2D eigenvalue weighted by atomic mass is 10.1. The molecule has 0 fully saturated rings. The van der Waals surface area contributed by atoms with Crippen LogP contribution in [0.1, 0.15) is 20.8 Å². The summed E-state index contributed by atoms with van der Waals surface area (Å²) in [5.41, 5.74) is -0.0201. The van der Waals surface area contributed by atoms with E-state index >= 15 is 0 Å². The molecule has 0 saturated carbocycles. The van der Waals surface area contributed by atoms with E-state index in [2.05, 4.69) is 37.2 Å². The summed E-state index contributed by atoms with van der Waals surface area (Å²) in [6.45, 7) is 7.06. The average Bonchev–Trinajstić information content (AvgIpc) is 2.33. The van der Waals surface area contributed by atoms with Gasteiger partial charge in [-0.1, -0.05) is 0 Å². The van der Waals surface area contributed by atoms with Crippen LogP contribution in [0.3, 0.4) is 0 Å². The van der Waals surface area contributed by atoms with Crippen molar-refractivity contribution in [2.24, 2.45) is 0 Å². The van der Waals surface area contributed by atoms with E-state index < -0.39 is 0 Å². The Morgan fingerprint density at radius 1 is 1.12 bits per heavy atom. The van der Waals surface area contributed by atoms with Gasteiger partial charge in [0.05, 0.1) is 0 Å². The number of rotatable bonds is 3. The Morgan fingerprint density at radius 3 is 1.94 bits per heavy atom. The lowest BCUT2D eigenvalue weighted by molar-refractivity contribution is -0.136. The summed E-state index contributed by atoms with van der Waals surface area (Å²) in [5.74, 6) is -0.569. The molecular formula is C10H14Br2N2O2. The Bertz CT molecular complexity index is 334. The second kappa shape index (κ2) is 4.98. The molecule has 0 aliphatic carbocycles. The molecule has 0 spiro atoms. The largest absolute Gasteiger partial charge is 0.310 e. The number of hydrogen-bond donors (Lipinski definition) is 1. The summed E-state index contributed by atoms with van der Waals surface area (Å²) < 4.78 is 0.599. The number of nitrogens with zero attached hydrogens (tertiary/aromatic N) is 1. The molecule has 1 rings (SSSR count). The van der Waals surface area contributed by atoms with Crippen LogP contribution < -0.4 is 5.32 Å². The van der Waals surface area contributed by atoms with Crippen LogP contribution in [0.25, 0.3) is 0 Å². The van der Waals surface area contributed by atoms with Gasteiger partial charge in [-0.15, -0.1) is 0 Å². The highest BCUT2D eigenvalue weighted by molar-refractivity contribution is 9.14. The van der Waals surface area contributed by atoms with Crippen molar-refractivity contribution in [1.29, 1.82) is 0 Å². The van der Waals surface area contributed by atoms with Gasteiger partial charge in [0.25, 0.3) is 11.8 Å². The van der Waals surface area contributed by atoms with Crippen molar-refractivity contribution in [2.45, 2.75) is 26.3 Å². The van der Waals surface area contributed by atoms with Crippen molar-refractivity contribution in [3.8, 4) is 0 Å². The van der Waals surface area contributed by atoms with E-state index in [0.717, 1.165) is 0 Å². The SMILES string of the molecule is CC(C)(C)NCCN1C(=O)C(Br)=C(Br)C1=O. The fourth-order valence-corrected chi connectivity index (χ4v) is 2.03. The van der Waals surface area contributed by atoms with Gasteiger partial charge in [0.15, 0.2) is 0 Å².